The van der Waals surface area contributed by atoms with Crippen LogP contribution in [0.1, 0.15) is 33.2 Å². The van der Waals surface area contributed by atoms with Crippen LogP contribution in [0.25, 0.3) is 16.8 Å². The van der Waals surface area contributed by atoms with Crippen molar-refractivity contribution < 1.29 is 14.6 Å². The summed E-state index contributed by atoms with van der Waals surface area (Å²) in [7, 11) is 0. The van der Waals surface area contributed by atoms with Gasteiger partial charge in [-0.25, -0.2) is 4.79 Å². The number of carbonyl (C=O) groups is 1. The first-order chi connectivity index (χ1) is 15.0. The summed E-state index contributed by atoms with van der Waals surface area (Å²) in [5.41, 5.74) is 2.54. The normalized spacial score (nSPS) is 15.2. The number of aromatic carboxylic acids is 1. The second-order valence-electron chi connectivity index (χ2n) is 7.24. The highest BCUT2D eigenvalue weighted by Crippen LogP contribution is 2.39. The Balaban J connectivity index is 1.45. The average molecular weight is 433 g/mol. The fraction of sp³-hybridized carbons (Fsp3) is 0.0870. The van der Waals surface area contributed by atoms with E-state index in [0.29, 0.717) is 27.9 Å². The average Bonchev–Trinajstić information content (AvgIpc) is 3.15. The highest BCUT2D eigenvalue weighted by Gasteiger charge is 2.26. The molecule has 0 saturated carbocycles. The van der Waals surface area contributed by atoms with Crippen molar-refractivity contribution in [3.8, 4) is 11.8 Å². The topological polar surface area (TPSA) is 100 Å². The van der Waals surface area contributed by atoms with Gasteiger partial charge in [0.2, 0.25) is 0 Å². The van der Waals surface area contributed by atoms with Crippen LogP contribution in [0.15, 0.2) is 59.9 Å². The summed E-state index contributed by atoms with van der Waals surface area (Å²) < 4.78 is 5.77. The van der Waals surface area contributed by atoms with E-state index in [1.807, 2.05) is 36.5 Å². The number of aromatic nitrogens is 3. The zero-order chi connectivity index (χ0) is 21.5. The number of hydrogen-bond acceptors (Lipinski definition) is 5. The Hall–Kier alpha value is -3.84. The monoisotopic (exact) mass is 432 g/mol. The van der Waals surface area contributed by atoms with E-state index in [4.69, 9.17) is 16.3 Å². The van der Waals surface area contributed by atoms with Gasteiger partial charge in [-0.15, -0.1) is 0 Å². The van der Waals surface area contributed by atoms with Crippen molar-refractivity contribution in [2.45, 2.75) is 13.0 Å². The number of rotatable bonds is 4. The number of carboxylic acids is 1. The van der Waals surface area contributed by atoms with Crippen molar-refractivity contribution in [1.29, 1.82) is 0 Å². The van der Waals surface area contributed by atoms with Crippen molar-refractivity contribution in [3.63, 3.8) is 0 Å². The summed E-state index contributed by atoms with van der Waals surface area (Å²) in [5, 5.41) is 15.4. The number of hydrogen-bond donors (Lipinski definition) is 3. The van der Waals surface area contributed by atoms with E-state index in [2.05, 4.69) is 20.3 Å². The molecular weight excluding hydrogens is 416 g/mol. The fourth-order valence-electron chi connectivity index (χ4n) is 3.69. The Kier molecular flexibility index (Phi) is 4.60. The smallest absolute Gasteiger partial charge is 0.336 e. The Morgan fingerprint density at radius 1 is 1.23 bits per heavy atom. The second kappa shape index (κ2) is 7.45. The van der Waals surface area contributed by atoms with E-state index in [1.165, 1.54) is 6.07 Å². The van der Waals surface area contributed by atoms with E-state index < -0.39 is 5.97 Å². The number of aromatic amines is 1. The molecule has 3 N–H and O–H groups in total. The summed E-state index contributed by atoms with van der Waals surface area (Å²) in [4.78, 5) is 23.1. The van der Waals surface area contributed by atoms with Gasteiger partial charge in [-0.05, 0) is 47.7 Å². The van der Waals surface area contributed by atoms with Crippen molar-refractivity contribution in [3.05, 3.63) is 82.3 Å². The van der Waals surface area contributed by atoms with Gasteiger partial charge in [0, 0.05) is 22.8 Å². The molecule has 0 aliphatic carbocycles. The van der Waals surface area contributed by atoms with Gasteiger partial charge < -0.3 is 20.1 Å². The number of H-pyrrole nitrogens is 1. The number of nitrogens with zero attached hydrogens (tertiary/aromatic N) is 2. The van der Waals surface area contributed by atoms with Crippen molar-refractivity contribution in [2.75, 3.05) is 5.32 Å². The zero-order valence-corrected chi connectivity index (χ0v) is 17.1. The number of fused-ring (bicyclic) bond motifs is 2. The van der Waals surface area contributed by atoms with E-state index in [-0.39, 0.29) is 17.6 Å². The van der Waals surface area contributed by atoms with Crippen molar-refractivity contribution >= 4 is 40.2 Å². The van der Waals surface area contributed by atoms with Crippen LogP contribution in [-0.2, 0) is 0 Å². The number of aryl methyl sites for hydroxylation is 1. The highest BCUT2D eigenvalue weighted by atomic mass is 35.5. The molecule has 5 rings (SSSR count). The molecule has 7 nitrogen and oxygen atoms in total. The molecule has 154 valence electrons. The first kappa shape index (κ1) is 19.1. The SMILES string of the molecule is Cc1ccc(Oc2nc3c([nH]2)C=C(Cl)C(c2cccc4cnccc24)N3)cc1C(=O)O. The van der Waals surface area contributed by atoms with Gasteiger partial charge in [0.1, 0.15) is 5.75 Å². The van der Waals surface area contributed by atoms with Gasteiger partial charge >= 0.3 is 12.0 Å². The Morgan fingerprint density at radius 2 is 2.10 bits per heavy atom. The molecule has 0 bridgehead atoms. The van der Waals surface area contributed by atoms with Crippen LogP contribution in [0.5, 0.6) is 11.8 Å². The van der Waals surface area contributed by atoms with Crippen LogP contribution in [0.4, 0.5) is 5.82 Å². The molecule has 1 aliphatic heterocycles. The molecule has 0 radical (unpaired) electrons. The summed E-state index contributed by atoms with van der Waals surface area (Å²) in [5.74, 6) is -0.0329. The maximum absolute atomic E-state index is 11.4. The maximum Gasteiger partial charge on any atom is 0.336 e. The van der Waals surface area contributed by atoms with Crippen LogP contribution >= 0.6 is 11.6 Å². The third-order valence-corrected chi connectivity index (χ3v) is 5.56. The summed E-state index contributed by atoms with van der Waals surface area (Å²) in [6, 6.07) is 12.8. The van der Waals surface area contributed by atoms with Gasteiger partial charge in [0.05, 0.1) is 17.3 Å². The number of nitrogens with one attached hydrogen (secondary N) is 2. The predicted octanol–water partition coefficient (Wildman–Crippen LogP) is 5.50. The molecule has 2 aromatic carbocycles. The molecule has 0 saturated heterocycles. The second-order valence-corrected chi connectivity index (χ2v) is 7.68. The first-order valence-electron chi connectivity index (χ1n) is 9.57. The molecular formula is C23H17ClN4O3. The van der Waals surface area contributed by atoms with Gasteiger partial charge in [-0.3, -0.25) is 4.98 Å². The molecule has 2 aromatic heterocycles. The number of benzene rings is 2. The van der Waals surface area contributed by atoms with Crippen LogP contribution in [-0.4, -0.2) is 26.0 Å². The third-order valence-electron chi connectivity index (χ3n) is 5.23. The van der Waals surface area contributed by atoms with Crippen LogP contribution in [0, 0.1) is 6.92 Å². The molecule has 3 heterocycles. The molecule has 31 heavy (non-hydrogen) atoms. The summed E-state index contributed by atoms with van der Waals surface area (Å²) in [6.45, 7) is 1.74. The van der Waals surface area contributed by atoms with E-state index in [0.717, 1.165) is 16.3 Å². The lowest BCUT2D eigenvalue weighted by atomic mass is 9.98. The zero-order valence-electron chi connectivity index (χ0n) is 16.4. The Bertz CT molecular complexity index is 1360. The molecule has 0 spiro atoms. The third kappa shape index (κ3) is 3.49. The lowest BCUT2D eigenvalue weighted by Crippen LogP contribution is -2.15. The number of ether oxygens (including phenoxy) is 1. The largest absolute Gasteiger partial charge is 0.478 e. The quantitative estimate of drug-likeness (QED) is 0.393. The van der Waals surface area contributed by atoms with Crippen LogP contribution in [0.3, 0.4) is 0 Å². The first-order valence-corrected chi connectivity index (χ1v) is 9.95. The van der Waals surface area contributed by atoms with Crippen LogP contribution in [0.2, 0.25) is 0 Å². The summed E-state index contributed by atoms with van der Waals surface area (Å²) >= 11 is 6.62. The molecule has 8 heteroatoms. The maximum atomic E-state index is 11.4. The number of pyridine rings is 1. The lowest BCUT2D eigenvalue weighted by Gasteiger charge is -2.23. The number of imidazole rings is 1. The number of carboxylic acid groups (broad SMARTS) is 1. The number of anilines is 1. The van der Waals surface area contributed by atoms with E-state index >= 15 is 0 Å². The standard InChI is InChI=1S/C23H17ClN4O3/c1-12-5-6-14(9-17(12)22(29)30)31-23-26-19-10-18(24)20(27-21(19)28-23)16-4-2-3-13-11-25-8-7-15(13)16/h2-11,20,27H,1H3,(H,26,28)(H,29,30). The molecule has 0 fully saturated rings. The minimum atomic E-state index is -1.01. The molecule has 1 unspecified atom stereocenters. The van der Waals surface area contributed by atoms with E-state index in [9.17, 15) is 9.90 Å². The molecule has 1 atom stereocenters. The highest BCUT2D eigenvalue weighted by molar-refractivity contribution is 6.33. The predicted molar refractivity (Wildman–Crippen MR) is 119 cm³/mol. The van der Waals surface area contributed by atoms with Crippen LogP contribution < -0.4 is 10.1 Å². The minimum absolute atomic E-state index is 0.181. The van der Waals surface area contributed by atoms with Gasteiger partial charge in [0.25, 0.3) is 0 Å². The van der Waals surface area contributed by atoms with E-state index in [1.54, 1.807) is 25.3 Å². The summed E-state index contributed by atoms with van der Waals surface area (Å²) in [6.07, 6.45) is 5.39. The fourth-order valence-corrected chi connectivity index (χ4v) is 3.97. The van der Waals surface area contributed by atoms with Crippen molar-refractivity contribution in [2.24, 2.45) is 0 Å². The van der Waals surface area contributed by atoms with Gasteiger partial charge in [-0.2, -0.15) is 4.98 Å². The minimum Gasteiger partial charge on any atom is -0.478 e. The van der Waals surface area contributed by atoms with Crippen molar-refractivity contribution in [1.82, 2.24) is 15.0 Å². The Morgan fingerprint density at radius 3 is 2.94 bits per heavy atom. The van der Waals surface area contributed by atoms with Gasteiger partial charge in [-0.1, -0.05) is 35.9 Å². The van der Waals surface area contributed by atoms with Gasteiger partial charge in [0.15, 0.2) is 5.82 Å². The molecule has 4 aromatic rings. The Labute approximate surface area is 182 Å². The molecule has 1 aliphatic rings. The lowest BCUT2D eigenvalue weighted by molar-refractivity contribution is 0.0695. The number of halogens is 1. The molecule has 0 amide bonds.